The van der Waals surface area contributed by atoms with Gasteiger partial charge in [-0.25, -0.2) is 0 Å². The van der Waals surface area contributed by atoms with Crippen LogP contribution in [0.25, 0.3) is 0 Å². The standard InChI is InChI=1S/C12H22O/c1-5-7-11(3)8-6-9-12(11,4)10(2)13/h5-9H2,1-4H3. The molecule has 2 unspecified atom stereocenters. The van der Waals surface area contributed by atoms with Crippen LogP contribution in [0.5, 0.6) is 0 Å². The summed E-state index contributed by atoms with van der Waals surface area (Å²) in [7, 11) is 0. The van der Waals surface area contributed by atoms with Crippen LogP contribution in [0.4, 0.5) is 0 Å². The van der Waals surface area contributed by atoms with Crippen molar-refractivity contribution in [1.82, 2.24) is 0 Å². The minimum atomic E-state index is -0.0387. The van der Waals surface area contributed by atoms with Crippen molar-refractivity contribution in [2.45, 2.75) is 59.8 Å². The first kappa shape index (κ1) is 10.7. The molecule has 0 aromatic heterocycles. The van der Waals surface area contributed by atoms with Crippen molar-refractivity contribution in [3.63, 3.8) is 0 Å². The molecule has 1 fully saturated rings. The van der Waals surface area contributed by atoms with Crippen molar-refractivity contribution in [2.75, 3.05) is 0 Å². The maximum atomic E-state index is 11.7. The lowest BCUT2D eigenvalue weighted by molar-refractivity contribution is -0.131. The van der Waals surface area contributed by atoms with Crippen LogP contribution in [0.1, 0.15) is 59.8 Å². The second-order valence-electron chi connectivity index (χ2n) is 5.05. The third-order valence-electron chi connectivity index (χ3n) is 4.32. The van der Waals surface area contributed by atoms with E-state index in [9.17, 15) is 4.79 Å². The Balaban J connectivity index is 2.90. The molecule has 2 atom stereocenters. The third kappa shape index (κ3) is 1.53. The van der Waals surface area contributed by atoms with E-state index in [-0.39, 0.29) is 10.8 Å². The minimum absolute atomic E-state index is 0.0387. The zero-order chi connectivity index (χ0) is 10.1. The van der Waals surface area contributed by atoms with Crippen molar-refractivity contribution in [2.24, 2.45) is 10.8 Å². The van der Waals surface area contributed by atoms with E-state index >= 15 is 0 Å². The van der Waals surface area contributed by atoms with Gasteiger partial charge in [0.25, 0.3) is 0 Å². The van der Waals surface area contributed by atoms with Crippen LogP contribution in [0.15, 0.2) is 0 Å². The van der Waals surface area contributed by atoms with E-state index in [1.165, 1.54) is 25.7 Å². The molecule has 1 nitrogen and oxygen atoms in total. The molecule has 1 aliphatic rings. The molecule has 0 aromatic rings. The summed E-state index contributed by atoms with van der Waals surface area (Å²) in [6, 6.07) is 0. The minimum Gasteiger partial charge on any atom is -0.299 e. The molecule has 0 N–H and O–H groups in total. The molecule has 1 aliphatic carbocycles. The molecule has 0 bridgehead atoms. The quantitative estimate of drug-likeness (QED) is 0.652. The molecule has 0 spiro atoms. The van der Waals surface area contributed by atoms with Crippen LogP contribution in [-0.2, 0) is 4.79 Å². The van der Waals surface area contributed by atoms with Crippen molar-refractivity contribution in [3.05, 3.63) is 0 Å². The summed E-state index contributed by atoms with van der Waals surface area (Å²) in [4.78, 5) is 11.7. The zero-order valence-corrected chi connectivity index (χ0v) is 9.44. The molecule has 1 heteroatoms. The molecule has 0 heterocycles. The number of ketones is 1. The number of hydrogen-bond donors (Lipinski definition) is 0. The van der Waals surface area contributed by atoms with Crippen LogP contribution in [0.2, 0.25) is 0 Å². The Hall–Kier alpha value is -0.330. The molecule has 0 aromatic carbocycles. The molecule has 1 saturated carbocycles. The summed E-state index contributed by atoms with van der Waals surface area (Å²) in [6.07, 6.45) is 5.95. The summed E-state index contributed by atoms with van der Waals surface area (Å²) in [6.45, 7) is 8.44. The van der Waals surface area contributed by atoms with Crippen molar-refractivity contribution >= 4 is 5.78 Å². The SMILES string of the molecule is CCCC1(C)CCCC1(C)C(C)=O. The molecular formula is C12H22O. The van der Waals surface area contributed by atoms with E-state index in [4.69, 9.17) is 0 Å². The van der Waals surface area contributed by atoms with Gasteiger partial charge in [0, 0.05) is 5.41 Å². The second-order valence-corrected chi connectivity index (χ2v) is 5.05. The average Bonchev–Trinajstić information content (AvgIpc) is 2.30. The van der Waals surface area contributed by atoms with Crippen molar-refractivity contribution in [1.29, 1.82) is 0 Å². The third-order valence-corrected chi connectivity index (χ3v) is 4.32. The number of rotatable bonds is 3. The van der Waals surface area contributed by atoms with Gasteiger partial charge in [0.1, 0.15) is 5.78 Å². The highest BCUT2D eigenvalue weighted by Gasteiger charge is 2.50. The highest BCUT2D eigenvalue weighted by atomic mass is 16.1. The molecular weight excluding hydrogens is 160 g/mol. The predicted molar refractivity (Wildman–Crippen MR) is 55.7 cm³/mol. The molecule has 0 radical (unpaired) electrons. The predicted octanol–water partition coefficient (Wildman–Crippen LogP) is 3.57. The van der Waals surface area contributed by atoms with Crippen LogP contribution >= 0.6 is 0 Å². The Kier molecular flexibility index (Phi) is 2.84. The smallest absolute Gasteiger partial charge is 0.136 e. The molecule has 0 amide bonds. The van der Waals surface area contributed by atoms with Crippen LogP contribution < -0.4 is 0 Å². The average molecular weight is 182 g/mol. The van der Waals surface area contributed by atoms with Gasteiger partial charge in [-0.1, -0.05) is 33.6 Å². The highest BCUT2D eigenvalue weighted by Crippen LogP contribution is 2.55. The highest BCUT2D eigenvalue weighted by molar-refractivity contribution is 5.83. The maximum absolute atomic E-state index is 11.7. The van der Waals surface area contributed by atoms with Crippen molar-refractivity contribution < 1.29 is 4.79 Å². The monoisotopic (exact) mass is 182 g/mol. The molecule has 76 valence electrons. The van der Waals surface area contributed by atoms with E-state index in [0.29, 0.717) is 5.78 Å². The van der Waals surface area contributed by atoms with Crippen LogP contribution in [-0.4, -0.2) is 5.78 Å². The fraction of sp³-hybridized carbons (Fsp3) is 0.917. The lowest BCUT2D eigenvalue weighted by Gasteiger charge is -2.39. The fourth-order valence-corrected chi connectivity index (χ4v) is 2.96. The fourth-order valence-electron chi connectivity index (χ4n) is 2.96. The largest absolute Gasteiger partial charge is 0.299 e. The zero-order valence-electron chi connectivity index (χ0n) is 9.44. The molecule has 13 heavy (non-hydrogen) atoms. The van der Waals surface area contributed by atoms with E-state index in [1.54, 1.807) is 6.92 Å². The van der Waals surface area contributed by atoms with Gasteiger partial charge in [-0.15, -0.1) is 0 Å². The van der Waals surface area contributed by atoms with E-state index in [1.807, 2.05) is 0 Å². The van der Waals surface area contributed by atoms with Gasteiger partial charge in [0.15, 0.2) is 0 Å². The summed E-state index contributed by atoms with van der Waals surface area (Å²) < 4.78 is 0. The van der Waals surface area contributed by atoms with Gasteiger partial charge in [0.05, 0.1) is 0 Å². The van der Waals surface area contributed by atoms with Gasteiger partial charge < -0.3 is 0 Å². The Morgan fingerprint density at radius 3 is 2.38 bits per heavy atom. The van der Waals surface area contributed by atoms with Crippen molar-refractivity contribution in [3.8, 4) is 0 Å². The number of carbonyl (C=O) groups is 1. The number of hydrogen-bond acceptors (Lipinski definition) is 1. The first-order chi connectivity index (χ1) is 5.96. The molecule has 0 aliphatic heterocycles. The second kappa shape index (κ2) is 3.43. The summed E-state index contributed by atoms with van der Waals surface area (Å²) in [5.41, 5.74) is 0.233. The van der Waals surface area contributed by atoms with E-state index < -0.39 is 0 Å². The van der Waals surface area contributed by atoms with E-state index in [2.05, 4.69) is 20.8 Å². The Morgan fingerprint density at radius 2 is 1.92 bits per heavy atom. The normalized spacial score (nSPS) is 39.4. The maximum Gasteiger partial charge on any atom is 0.136 e. The number of carbonyl (C=O) groups excluding carboxylic acids is 1. The Morgan fingerprint density at radius 1 is 1.31 bits per heavy atom. The summed E-state index contributed by atoms with van der Waals surface area (Å²) in [5.74, 6) is 0.390. The van der Waals surface area contributed by atoms with Gasteiger partial charge in [-0.05, 0) is 31.6 Å². The first-order valence-corrected chi connectivity index (χ1v) is 5.47. The van der Waals surface area contributed by atoms with Gasteiger partial charge in [-0.2, -0.15) is 0 Å². The topological polar surface area (TPSA) is 17.1 Å². The Bertz CT molecular complexity index is 209. The van der Waals surface area contributed by atoms with Gasteiger partial charge in [-0.3, -0.25) is 4.79 Å². The summed E-state index contributed by atoms with van der Waals surface area (Å²) in [5, 5.41) is 0. The van der Waals surface area contributed by atoms with E-state index in [0.717, 1.165) is 6.42 Å². The lowest BCUT2D eigenvalue weighted by Crippen LogP contribution is -2.38. The summed E-state index contributed by atoms with van der Waals surface area (Å²) >= 11 is 0. The van der Waals surface area contributed by atoms with Gasteiger partial charge in [0.2, 0.25) is 0 Å². The lowest BCUT2D eigenvalue weighted by atomic mass is 9.64. The van der Waals surface area contributed by atoms with Crippen LogP contribution in [0, 0.1) is 10.8 Å². The number of Topliss-reactive ketones (excluding diaryl/α,β-unsaturated/α-hetero) is 1. The first-order valence-electron chi connectivity index (χ1n) is 5.47. The molecule has 1 rings (SSSR count). The van der Waals surface area contributed by atoms with Crippen LogP contribution in [0.3, 0.4) is 0 Å². The molecule has 0 saturated heterocycles. The van der Waals surface area contributed by atoms with Gasteiger partial charge >= 0.3 is 0 Å². The Labute approximate surface area is 81.9 Å².